The number of piperidine rings is 1. The Morgan fingerprint density at radius 2 is 1.72 bits per heavy atom. The molecule has 144 valence electrons. The lowest BCUT2D eigenvalue weighted by Gasteiger charge is -2.38. The zero-order valence-corrected chi connectivity index (χ0v) is 15.8. The Morgan fingerprint density at radius 1 is 1.04 bits per heavy atom. The van der Waals surface area contributed by atoms with Gasteiger partial charge in [-0.15, -0.1) is 0 Å². The lowest BCUT2D eigenvalue weighted by atomic mass is 10.1. The molecule has 0 spiro atoms. The van der Waals surface area contributed by atoms with Crippen LogP contribution in [0.4, 0.5) is 0 Å². The van der Waals surface area contributed by atoms with E-state index in [2.05, 4.69) is 15.1 Å². The summed E-state index contributed by atoms with van der Waals surface area (Å²) in [5, 5.41) is 2.97. The largest absolute Gasteiger partial charge is 0.385 e. The Morgan fingerprint density at radius 3 is 2.36 bits per heavy atom. The highest BCUT2D eigenvalue weighted by molar-refractivity contribution is 5.81. The van der Waals surface area contributed by atoms with Crippen molar-refractivity contribution < 1.29 is 14.3 Å². The summed E-state index contributed by atoms with van der Waals surface area (Å²) >= 11 is 0. The first-order valence-corrected chi connectivity index (χ1v) is 9.62. The van der Waals surface area contributed by atoms with E-state index in [-0.39, 0.29) is 17.9 Å². The number of likely N-dealkylation sites (tertiary alicyclic amines) is 1. The highest BCUT2D eigenvalue weighted by Gasteiger charge is 2.27. The van der Waals surface area contributed by atoms with Crippen molar-refractivity contribution in [3.8, 4) is 0 Å². The van der Waals surface area contributed by atoms with E-state index in [1.54, 1.807) is 7.11 Å². The second kappa shape index (κ2) is 10.7. The molecular formula is C18H34N4O3. The minimum atomic E-state index is -0.123. The molecule has 2 aliphatic rings. The van der Waals surface area contributed by atoms with Crippen molar-refractivity contribution in [2.45, 2.75) is 38.6 Å². The van der Waals surface area contributed by atoms with Crippen molar-refractivity contribution in [1.82, 2.24) is 20.0 Å². The molecule has 2 aliphatic heterocycles. The van der Waals surface area contributed by atoms with Crippen LogP contribution in [0.15, 0.2) is 0 Å². The Labute approximate surface area is 151 Å². The smallest absolute Gasteiger partial charge is 0.237 e. The summed E-state index contributed by atoms with van der Waals surface area (Å²) in [7, 11) is 1.67. The number of carbonyl (C=O) groups is 2. The summed E-state index contributed by atoms with van der Waals surface area (Å²) in [4.78, 5) is 31.0. The number of nitrogens with one attached hydrogen (secondary N) is 1. The van der Waals surface area contributed by atoms with Gasteiger partial charge < -0.3 is 15.0 Å². The number of piperazine rings is 1. The fourth-order valence-corrected chi connectivity index (χ4v) is 3.48. The van der Waals surface area contributed by atoms with Crippen molar-refractivity contribution in [2.24, 2.45) is 0 Å². The Balaban J connectivity index is 1.66. The monoisotopic (exact) mass is 354 g/mol. The topological polar surface area (TPSA) is 65.1 Å². The molecule has 0 bridgehead atoms. The predicted octanol–water partition coefficient (Wildman–Crippen LogP) is 0.158. The van der Waals surface area contributed by atoms with Crippen LogP contribution in [0.2, 0.25) is 0 Å². The van der Waals surface area contributed by atoms with E-state index >= 15 is 0 Å². The fraction of sp³-hybridized carbons (Fsp3) is 0.889. The third-order valence-electron chi connectivity index (χ3n) is 5.23. The molecular weight excluding hydrogens is 320 g/mol. The van der Waals surface area contributed by atoms with Crippen LogP contribution in [0.1, 0.15) is 32.6 Å². The standard InChI is InChI=1S/C18H34N4O3/c1-16(18(24)19-7-6-14-25-2)21-12-10-20(11-13-21)15-17(23)22-8-4-3-5-9-22/h16H,3-15H2,1-2H3,(H,19,24). The van der Waals surface area contributed by atoms with Gasteiger partial charge in [0.1, 0.15) is 0 Å². The van der Waals surface area contributed by atoms with Gasteiger partial charge in [-0.3, -0.25) is 19.4 Å². The van der Waals surface area contributed by atoms with Crippen LogP contribution in [-0.4, -0.2) is 98.6 Å². The summed E-state index contributed by atoms with van der Waals surface area (Å²) in [6.45, 7) is 8.99. The number of nitrogens with zero attached hydrogens (tertiary/aromatic N) is 3. The zero-order valence-electron chi connectivity index (χ0n) is 15.8. The second-order valence-corrected chi connectivity index (χ2v) is 7.07. The summed E-state index contributed by atoms with van der Waals surface area (Å²) < 4.78 is 4.99. The zero-order chi connectivity index (χ0) is 18.1. The van der Waals surface area contributed by atoms with Gasteiger partial charge in [0.05, 0.1) is 12.6 Å². The van der Waals surface area contributed by atoms with Crippen LogP contribution in [0.5, 0.6) is 0 Å². The molecule has 1 N–H and O–H groups in total. The van der Waals surface area contributed by atoms with Gasteiger partial charge in [0.2, 0.25) is 11.8 Å². The van der Waals surface area contributed by atoms with E-state index in [1.165, 1.54) is 6.42 Å². The number of ether oxygens (including phenoxy) is 1. The first-order chi connectivity index (χ1) is 12.1. The first kappa shape index (κ1) is 20.1. The van der Waals surface area contributed by atoms with E-state index in [4.69, 9.17) is 4.74 Å². The number of hydrogen-bond acceptors (Lipinski definition) is 5. The van der Waals surface area contributed by atoms with Crippen LogP contribution in [0.25, 0.3) is 0 Å². The third kappa shape index (κ3) is 6.56. The highest BCUT2D eigenvalue weighted by atomic mass is 16.5. The molecule has 7 nitrogen and oxygen atoms in total. The first-order valence-electron chi connectivity index (χ1n) is 9.62. The summed E-state index contributed by atoms with van der Waals surface area (Å²) in [5.41, 5.74) is 0. The molecule has 1 unspecified atom stereocenters. The molecule has 2 amide bonds. The third-order valence-corrected chi connectivity index (χ3v) is 5.23. The number of methoxy groups -OCH3 is 1. The minimum Gasteiger partial charge on any atom is -0.385 e. The number of hydrogen-bond donors (Lipinski definition) is 1. The van der Waals surface area contributed by atoms with Crippen LogP contribution >= 0.6 is 0 Å². The summed E-state index contributed by atoms with van der Waals surface area (Å²) in [6, 6.07) is -0.123. The second-order valence-electron chi connectivity index (χ2n) is 7.07. The van der Waals surface area contributed by atoms with Gasteiger partial charge in [0.15, 0.2) is 0 Å². The molecule has 0 saturated carbocycles. The summed E-state index contributed by atoms with van der Waals surface area (Å²) in [6.07, 6.45) is 4.35. The molecule has 0 aliphatic carbocycles. The maximum absolute atomic E-state index is 12.4. The lowest BCUT2D eigenvalue weighted by molar-refractivity contribution is -0.134. The molecule has 2 heterocycles. The van der Waals surface area contributed by atoms with Crippen LogP contribution in [-0.2, 0) is 14.3 Å². The molecule has 1 atom stereocenters. The number of carbonyl (C=O) groups excluding carboxylic acids is 2. The average Bonchev–Trinajstić information content (AvgIpc) is 2.66. The SMILES string of the molecule is COCCCNC(=O)C(C)N1CCN(CC(=O)N2CCCCC2)CC1. The van der Waals surface area contributed by atoms with E-state index in [1.807, 2.05) is 11.8 Å². The average molecular weight is 354 g/mol. The fourth-order valence-electron chi connectivity index (χ4n) is 3.48. The van der Waals surface area contributed by atoms with Crippen molar-refractivity contribution >= 4 is 11.8 Å². The van der Waals surface area contributed by atoms with Crippen molar-refractivity contribution in [2.75, 3.05) is 66.1 Å². The van der Waals surface area contributed by atoms with E-state index in [0.717, 1.165) is 58.5 Å². The van der Waals surface area contributed by atoms with Gasteiger partial charge in [-0.25, -0.2) is 0 Å². The van der Waals surface area contributed by atoms with Gasteiger partial charge in [-0.1, -0.05) is 0 Å². The van der Waals surface area contributed by atoms with E-state index in [9.17, 15) is 9.59 Å². The molecule has 0 aromatic rings. The quantitative estimate of drug-likeness (QED) is 0.629. The summed E-state index contributed by atoms with van der Waals surface area (Å²) in [5.74, 6) is 0.339. The maximum Gasteiger partial charge on any atom is 0.237 e. The van der Waals surface area contributed by atoms with Crippen LogP contribution in [0.3, 0.4) is 0 Å². The molecule has 25 heavy (non-hydrogen) atoms. The molecule has 7 heteroatoms. The molecule has 0 aromatic heterocycles. The van der Waals surface area contributed by atoms with Gasteiger partial charge in [-0.05, 0) is 32.6 Å². The van der Waals surface area contributed by atoms with Crippen molar-refractivity contribution in [1.29, 1.82) is 0 Å². The van der Waals surface area contributed by atoms with Crippen LogP contribution in [0, 0.1) is 0 Å². The number of amides is 2. The molecule has 2 saturated heterocycles. The minimum absolute atomic E-state index is 0.0777. The maximum atomic E-state index is 12.4. The van der Waals surface area contributed by atoms with Gasteiger partial charge in [0.25, 0.3) is 0 Å². The lowest BCUT2D eigenvalue weighted by Crippen LogP contribution is -2.55. The van der Waals surface area contributed by atoms with E-state index < -0.39 is 0 Å². The molecule has 2 fully saturated rings. The normalized spacial score (nSPS) is 21.1. The Bertz CT molecular complexity index is 419. The van der Waals surface area contributed by atoms with E-state index in [0.29, 0.717) is 19.7 Å². The van der Waals surface area contributed by atoms with Crippen molar-refractivity contribution in [3.63, 3.8) is 0 Å². The molecule has 0 aromatic carbocycles. The van der Waals surface area contributed by atoms with Crippen molar-refractivity contribution in [3.05, 3.63) is 0 Å². The molecule has 2 rings (SSSR count). The highest BCUT2D eigenvalue weighted by Crippen LogP contribution is 2.11. The van der Waals surface area contributed by atoms with Gasteiger partial charge >= 0.3 is 0 Å². The van der Waals surface area contributed by atoms with Crippen LogP contribution < -0.4 is 5.32 Å². The van der Waals surface area contributed by atoms with Gasteiger partial charge in [-0.2, -0.15) is 0 Å². The Hall–Kier alpha value is -1.18. The molecule has 0 radical (unpaired) electrons. The number of rotatable bonds is 8. The predicted molar refractivity (Wildman–Crippen MR) is 97.4 cm³/mol. The van der Waals surface area contributed by atoms with Gasteiger partial charge in [0, 0.05) is 59.5 Å². The Kier molecular flexibility index (Phi) is 8.64.